The first-order valence-electron chi connectivity index (χ1n) is 13.0. The second kappa shape index (κ2) is 9.11. The number of fused-ring (bicyclic) bond motifs is 2. The maximum absolute atomic E-state index is 13.7. The average molecular weight is 521 g/mol. The number of carbonyl (C=O) groups excluding carboxylic acids is 4. The SMILES string of the molecule is CNC(=O)Nc1ccc2c(c1)CC[C@@]21OC(=O)N(CC(=O)N2C(C3CC3)CC[C@H]2c2ccc(F)cc2)C1=O. The van der Waals surface area contributed by atoms with Gasteiger partial charge in [0.25, 0.3) is 5.91 Å². The Bertz CT molecular complexity index is 1330. The van der Waals surface area contributed by atoms with Crippen molar-refractivity contribution in [2.45, 2.75) is 56.2 Å². The van der Waals surface area contributed by atoms with Gasteiger partial charge in [0.05, 0.1) is 6.04 Å². The average Bonchev–Trinajstić information content (AvgIpc) is 3.49. The molecule has 10 heteroatoms. The molecule has 38 heavy (non-hydrogen) atoms. The van der Waals surface area contributed by atoms with E-state index >= 15 is 0 Å². The van der Waals surface area contributed by atoms with Crippen molar-refractivity contribution in [1.82, 2.24) is 15.1 Å². The van der Waals surface area contributed by atoms with Crippen molar-refractivity contribution in [3.63, 3.8) is 0 Å². The number of imide groups is 1. The molecule has 2 heterocycles. The van der Waals surface area contributed by atoms with Crippen molar-refractivity contribution in [2.24, 2.45) is 5.92 Å². The first kappa shape index (κ1) is 24.4. The number of hydrogen-bond donors (Lipinski definition) is 2. The Morgan fingerprint density at radius 2 is 1.84 bits per heavy atom. The van der Waals surface area contributed by atoms with E-state index in [1.165, 1.54) is 19.2 Å². The molecule has 3 atom stereocenters. The van der Waals surface area contributed by atoms with Crippen LogP contribution in [0.5, 0.6) is 0 Å². The van der Waals surface area contributed by atoms with Gasteiger partial charge in [-0.15, -0.1) is 0 Å². The molecule has 9 nitrogen and oxygen atoms in total. The Kier molecular flexibility index (Phi) is 5.85. The minimum Gasteiger partial charge on any atom is -0.427 e. The Labute approximate surface area is 219 Å². The number of ether oxygens (including phenoxy) is 1. The van der Waals surface area contributed by atoms with Crippen LogP contribution in [0.1, 0.15) is 54.8 Å². The largest absolute Gasteiger partial charge is 0.427 e. The second-order valence-electron chi connectivity index (χ2n) is 10.5. The lowest BCUT2D eigenvalue weighted by Crippen LogP contribution is -2.47. The van der Waals surface area contributed by atoms with Crippen LogP contribution in [0.4, 0.5) is 19.7 Å². The molecule has 2 aromatic carbocycles. The fourth-order valence-corrected chi connectivity index (χ4v) is 6.29. The molecule has 1 spiro atoms. The summed E-state index contributed by atoms with van der Waals surface area (Å²) in [5.74, 6) is -0.773. The molecule has 0 aromatic heterocycles. The number of rotatable bonds is 5. The van der Waals surface area contributed by atoms with Crippen LogP contribution in [0.3, 0.4) is 0 Å². The second-order valence-corrected chi connectivity index (χ2v) is 10.5. The van der Waals surface area contributed by atoms with Crippen LogP contribution in [-0.4, -0.2) is 53.4 Å². The van der Waals surface area contributed by atoms with Crippen molar-refractivity contribution < 1.29 is 28.3 Å². The third-order valence-electron chi connectivity index (χ3n) is 8.28. The van der Waals surface area contributed by atoms with Crippen LogP contribution in [-0.2, 0) is 26.3 Å². The number of amides is 5. The number of benzene rings is 2. The van der Waals surface area contributed by atoms with E-state index in [9.17, 15) is 23.6 Å². The Morgan fingerprint density at radius 1 is 1.08 bits per heavy atom. The number of carbonyl (C=O) groups is 4. The van der Waals surface area contributed by atoms with E-state index < -0.39 is 24.1 Å². The molecule has 0 bridgehead atoms. The predicted molar refractivity (Wildman–Crippen MR) is 134 cm³/mol. The van der Waals surface area contributed by atoms with E-state index in [1.807, 2.05) is 4.90 Å². The van der Waals surface area contributed by atoms with E-state index in [1.54, 1.807) is 30.3 Å². The van der Waals surface area contributed by atoms with Gasteiger partial charge < -0.3 is 20.3 Å². The lowest BCUT2D eigenvalue weighted by molar-refractivity contribution is -0.143. The maximum atomic E-state index is 13.7. The van der Waals surface area contributed by atoms with Gasteiger partial charge in [-0.25, -0.2) is 18.9 Å². The molecule has 1 unspecified atom stereocenters. The van der Waals surface area contributed by atoms with E-state index in [2.05, 4.69) is 10.6 Å². The topological polar surface area (TPSA) is 108 Å². The molecular formula is C28H29FN4O5. The summed E-state index contributed by atoms with van der Waals surface area (Å²) >= 11 is 0. The number of halogens is 1. The third kappa shape index (κ3) is 3.99. The van der Waals surface area contributed by atoms with Crippen LogP contribution >= 0.6 is 0 Å². The predicted octanol–water partition coefficient (Wildman–Crippen LogP) is 3.84. The van der Waals surface area contributed by atoms with Crippen molar-refractivity contribution in [3.05, 3.63) is 65.0 Å². The number of nitrogens with zero attached hydrogens (tertiary/aromatic N) is 2. The molecule has 198 valence electrons. The number of aryl methyl sites for hydroxylation is 1. The fraction of sp³-hybridized carbons (Fsp3) is 0.429. The van der Waals surface area contributed by atoms with E-state index in [0.717, 1.165) is 41.7 Å². The Morgan fingerprint density at radius 3 is 2.55 bits per heavy atom. The molecule has 2 aromatic rings. The summed E-state index contributed by atoms with van der Waals surface area (Å²) in [5, 5.41) is 5.19. The lowest BCUT2D eigenvalue weighted by Gasteiger charge is -2.32. The molecule has 3 fully saturated rings. The summed E-state index contributed by atoms with van der Waals surface area (Å²) in [7, 11) is 1.51. The molecule has 2 saturated heterocycles. The standard InChI is InChI=1S/C28H29FN4O5/c1-30-26(36)31-20-8-9-21-18(14-20)12-13-28(21)25(35)32(27(37)38-28)15-24(34)33-22(16-2-3-16)10-11-23(33)17-4-6-19(29)7-5-17/h4-9,14,16,22-23H,2-3,10-13,15H2,1H3,(H2,30,31,36)/t22?,23-,28+/m0/s1. The monoisotopic (exact) mass is 520 g/mol. The van der Waals surface area contributed by atoms with Gasteiger partial charge in [0.2, 0.25) is 11.5 Å². The van der Waals surface area contributed by atoms with Crippen molar-refractivity contribution in [2.75, 3.05) is 18.9 Å². The van der Waals surface area contributed by atoms with E-state index in [4.69, 9.17) is 4.74 Å². The fourth-order valence-electron chi connectivity index (χ4n) is 6.29. The zero-order valence-electron chi connectivity index (χ0n) is 21.0. The van der Waals surface area contributed by atoms with Gasteiger partial charge >= 0.3 is 12.1 Å². The minimum atomic E-state index is -1.46. The highest BCUT2D eigenvalue weighted by molar-refractivity contribution is 6.06. The number of likely N-dealkylation sites (tertiary alicyclic amines) is 1. The Hall–Kier alpha value is -3.95. The summed E-state index contributed by atoms with van der Waals surface area (Å²) in [6.45, 7) is -0.397. The van der Waals surface area contributed by atoms with Gasteiger partial charge in [0, 0.05) is 30.8 Å². The molecule has 2 N–H and O–H groups in total. The van der Waals surface area contributed by atoms with Crippen molar-refractivity contribution in [3.8, 4) is 0 Å². The van der Waals surface area contributed by atoms with Crippen LogP contribution in [0.15, 0.2) is 42.5 Å². The lowest BCUT2D eigenvalue weighted by atomic mass is 9.94. The molecule has 1 saturated carbocycles. The molecule has 6 rings (SSSR count). The molecule has 2 aliphatic carbocycles. The molecule has 0 radical (unpaired) electrons. The van der Waals surface area contributed by atoms with E-state index in [0.29, 0.717) is 23.6 Å². The van der Waals surface area contributed by atoms with Crippen LogP contribution in [0.25, 0.3) is 0 Å². The van der Waals surface area contributed by atoms with Gasteiger partial charge in [-0.3, -0.25) is 9.59 Å². The van der Waals surface area contributed by atoms with Crippen molar-refractivity contribution in [1.29, 1.82) is 0 Å². The smallest absolute Gasteiger partial charge is 0.418 e. The number of urea groups is 1. The zero-order valence-corrected chi connectivity index (χ0v) is 21.0. The van der Waals surface area contributed by atoms with Gasteiger partial charge in [-0.1, -0.05) is 18.2 Å². The zero-order chi connectivity index (χ0) is 26.6. The minimum absolute atomic E-state index is 0.0405. The normalized spacial score (nSPS) is 26.1. The van der Waals surface area contributed by atoms with Gasteiger partial charge in [0.15, 0.2) is 0 Å². The maximum Gasteiger partial charge on any atom is 0.418 e. The molecule has 2 aliphatic heterocycles. The summed E-state index contributed by atoms with van der Waals surface area (Å²) in [6.07, 6.45) is 3.61. The Balaban J connectivity index is 1.23. The number of nitrogens with one attached hydrogen (secondary N) is 2. The molecular weight excluding hydrogens is 491 g/mol. The molecule has 5 amide bonds. The van der Waals surface area contributed by atoms with Gasteiger partial charge in [-0.2, -0.15) is 0 Å². The summed E-state index contributed by atoms with van der Waals surface area (Å²) < 4.78 is 19.3. The summed E-state index contributed by atoms with van der Waals surface area (Å²) in [5.41, 5.74) is 1.33. The van der Waals surface area contributed by atoms with E-state index in [-0.39, 0.29) is 36.3 Å². The highest BCUT2D eigenvalue weighted by atomic mass is 19.1. The summed E-state index contributed by atoms with van der Waals surface area (Å²) in [4.78, 5) is 54.8. The van der Waals surface area contributed by atoms with Crippen molar-refractivity contribution >= 4 is 29.6 Å². The first-order valence-corrected chi connectivity index (χ1v) is 13.0. The summed E-state index contributed by atoms with van der Waals surface area (Å²) in [6, 6.07) is 10.7. The van der Waals surface area contributed by atoms with Crippen LogP contribution in [0, 0.1) is 11.7 Å². The van der Waals surface area contributed by atoms with Crippen LogP contribution in [0.2, 0.25) is 0 Å². The number of hydrogen-bond acceptors (Lipinski definition) is 5. The quantitative estimate of drug-likeness (QED) is 0.623. The highest BCUT2D eigenvalue weighted by Gasteiger charge is 2.59. The number of anilines is 1. The van der Waals surface area contributed by atoms with Crippen LogP contribution < -0.4 is 10.6 Å². The third-order valence-corrected chi connectivity index (χ3v) is 8.28. The van der Waals surface area contributed by atoms with Gasteiger partial charge in [-0.05, 0) is 73.4 Å². The van der Waals surface area contributed by atoms with Gasteiger partial charge in [0.1, 0.15) is 12.4 Å². The first-order chi connectivity index (χ1) is 18.3. The molecule has 4 aliphatic rings. The highest BCUT2D eigenvalue weighted by Crippen LogP contribution is 2.48.